The fraction of sp³-hybridized carbons (Fsp3) is 0.222. The monoisotopic (exact) mass is 354 g/mol. The third kappa shape index (κ3) is 3.21. The molecular weight excluding hydrogens is 336 g/mol. The fourth-order valence-corrected chi connectivity index (χ4v) is 2.80. The number of carbonyl (C=O) groups excluding carboxylic acids is 1. The Kier molecular flexibility index (Phi) is 4.57. The maximum atomic E-state index is 12.1. The lowest BCUT2D eigenvalue weighted by Gasteiger charge is -2.07. The number of fused-ring (bicyclic) bond motifs is 1. The van der Waals surface area contributed by atoms with Crippen LogP contribution in [0, 0.1) is 0 Å². The molecule has 0 atom stereocenters. The number of nitrogens with zero attached hydrogens (tertiary/aromatic N) is 2. The molecular formula is C18H18N4O4. The van der Waals surface area contributed by atoms with Crippen LogP contribution >= 0.6 is 0 Å². The quantitative estimate of drug-likeness (QED) is 0.662. The molecule has 0 aliphatic carbocycles. The van der Waals surface area contributed by atoms with Crippen molar-refractivity contribution in [3.8, 4) is 5.88 Å². The number of hydrogen-bond acceptors (Lipinski definition) is 5. The molecule has 0 saturated heterocycles. The van der Waals surface area contributed by atoms with Gasteiger partial charge in [-0.15, -0.1) is 0 Å². The van der Waals surface area contributed by atoms with Gasteiger partial charge in [0, 0.05) is 25.7 Å². The second-order valence-electron chi connectivity index (χ2n) is 5.93. The maximum Gasteiger partial charge on any atom is 0.330 e. The molecule has 0 unspecified atom stereocenters. The van der Waals surface area contributed by atoms with Crippen LogP contribution in [0.4, 0.5) is 0 Å². The summed E-state index contributed by atoms with van der Waals surface area (Å²) in [6.45, 7) is 1.86. The average Bonchev–Trinajstić information content (AvgIpc) is 2.94. The normalized spacial score (nSPS) is 14.2. The van der Waals surface area contributed by atoms with Crippen molar-refractivity contribution < 1.29 is 9.90 Å². The molecule has 2 aromatic rings. The highest BCUT2D eigenvalue weighted by molar-refractivity contribution is 5.77. The van der Waals surface area contributed by atoms with E-state index in [-0.39, 0.29) is 11.5 Å². The minimum atomic E-state index is -0.698. The summed E-state index contributed by atoms with van der Waals surface area (Å²) in [5, 5.41) is 14.6. The molecule has 8 heteroatoms. The molecule has 1 aliphatic rings. The molecule has 0 saturated carbocycles. The van der Waals surface area contributed by atoms with Gasteiger partial charge in [0.1, 0.15) is 5.56 Å². The number of benzene rings is 1. The Balaban J connectivity index is 2.13. The highest BCUT2D eigenvalue weighted by atomic mass is 16.3. The first-order valence-corrected chi connectivity index (χ1v) is 8.04. The molecule has 3 N–H and O–H groups in total. The zero-order chi connectivity index (χ0) is 18.8. The first kappa shape index (κ1) is 17.4. The fourth-order valence-electron chi connectivity index (χ4n) is 2.80. The molecule has 1 aromatic heterocycles. The first-order valence-electron chi connectivity index (χ1n) is 8.04. The number of rotatable bonds is 4. The Morgan fingerprint density at radius 1 is 1.35 bits per heavy atom. The topological polar surface area (TPSA) is 117 Å². The van der Waals surface area contributed by atoms with Crippen LogP contribution in [-0.4, -0.2) is 27.1 Å². The Labute approximate surface area is 147 Å². The van der Waals surface area contributed by atoms with Crippen LogP contribution in [0.15, 0.2) is 44.5 Å². The molecule has 0 radical (unpaired) electrons. The summed E-state index contributed by atoms with van der Waals surface area (Å²) in [5.74, 6) is -0.565. The van der Waals surface area contributed by atoms with Gasteiger partial charge in [0.2, 0.25) is 11.8 Å². The number of allylic oxidation sites excluding steroid dienone is 1. The smallest absolute Gasteiger partial charge is 0.330 e. The summed E-state index contributed by atoms with van der Waals surface area (Å²) in [6.07, 6.45) is 1.97. The van der Waals surface area contributed by atoms with E-state index in [1.165, 1.54) is 20.0 Å². The number of amides is 1. The second kappa shape index (κ2) is 6.83. The van der Waals surface area contributed by atoms with E-state index in [4.69, 9.17) is 0 Å². The van der Waals surface area contributed by atoms with E-state index in [2.05, 4.69) is 15.3 Å². The number of carbonyl (C=O) groups is 1. The summed E-state index contributed by atoms with van der Waals surface area (Å²) >= 11 is 0. The molecule has 0 bridgehead atoms. The van der Waals surface area contributed by atoms with E-state index in [9.17, 15) is 19.5 Å². The molecule has 134 valence electrons. The van der Waals surface area contributed by atoms with E-state index in [0.717, 1.165) is 20.7 Å². The highest BCUT2D eigenvalue weighted by Crippen LogP contribution is 2.22. The number of aromatic hydroxyl groups is 1. The lowest BCUT2D eigenvalue weighted by Crippen LogP contribution is -2.29. The summed E-state index contributed by atoms with van der Waals surface area (Å²) in [4.78, 5) is 41.5. The van der Waals surface area contributed by atoms with E-state index in [1.54, 1.807) is 0 Å². The molecule has 0 spiro atoms. The van der Waals surface area contributed by atoms with Gasteiger partial charge in [-0.1, -0.05) is 18.2 Å². The van der Waals surface area contributed by atoms with Crippen molar-refractivity contribution >= 4 is 17.6 Å². The minimum Gasteiger partial charge on any atom is -0.494 e. The third-order valence-electron chi connectivity index (χ3n) is 4.14. The minimum absolute atomic E-state index is 0.0457. The summed E-state index contributed by atoms with van der Waals surface area (Å²) in [7, 11) is 1.36. The van der Waals surface area contributed by atoms with Gasteiger partial charge >= 0.3 is 5.69 Å². The van der Waals surface area contributed by atoms with Gasteiger partial charge in [0.15, 0.2) is 0 Å². The summed E-state index contributed by atoms with van der Waals surface area (Å²) in [6, 6.07) is 7.49. The maximum absolute atomic E-state index is 12.1. The molecule has 1 aromatic carbocycles. The predicted octanol–water partition coefficient (Wildman–Crippen LogP) is -0.870. The summed E-state index contributed by atoms with van der Waals surface area (Å²) < 4.78 is 0.951. The Morgan fingerprint density at radius 3 is 2.81 bits per heavy atom. The molecule has 0 fully saturated rings. The largest absolute Gasteiger partial charge is 0.494 e. The molecule has 1 amide bonds. The van der Waals surface area contributed by atoms with Gasteiger partial charge in [-0.2, -0.15) is 0 Å². The van der Waals surface area contributed by atoms with Crippen LogP contribution in [-0.2, 0) is 11.8 Å². The van der Waals surface area contributed by atoms with Crippen LogP contribution in [0.3, 0.4) is 0 Å². The van der Waals surface area contributed by atoms with Crippen molar-refractivity contribution in [2.45, 2.75) is 13.3 Å². The number of para-hydroxylation sites is 1. The van der Waals surface area contributed by atoms with Crippen molar-refractivity contribution in [2.24, 2.45) is 12.0 Å². The molecule has 2 heterocycles. The Hall–Kier alpha value is -3.42. The molecule has 8 nitrogen and oxygen atoms in total. The van der Waals surface area contributed by atoms with E-state index < -0.39 is 17.1 Å². The van der Waals surface area contributed by atoms with E-state index in [0.29, 0.717) is 18.7 Å². The van der Waals surface area contributed by atoms with Crippen molar-refractivity contribution in [1.29, 1.82) is 0 Å². The zero-order valence-electron chi connectivity index (χ0n) is 14.4. The van der Waals surface area contributed by atoms with Gasteiger partial charge in [-0.3, -0.25) is 19.1 Å². The van der Waals surface area contributed by atoms with Gasteiger partial charge < -0.3 is 10.4 Å². The number of aromatic nitrogens is 2. The second-order valence-corrected chi connectivity index (χ2v) is 5.93. The summed E-state index contributed by atoms with van der Waals surface area (Å²) in [5.41, 5.74) is -0.0738. The lowest BCUT2D eigenvalue weighted by molar-refractivity contribution is -0.118. The van der Waals surface area contributed by atoms with Gasteiger partial charge in [0.25, 0.3) is 5.56 Å². The van der Waals surface area contributed by atoms with Crippen LogP contribution in [0.2, 0.25) is 0 Å². The van der Waals surface area contributed by atoms with Crippen molar-refractivity contribution in [2.75, 3.05) is 6.54 Å². The number of aromatic amines is 1. The molecule has 3 rings (SSSR count). The predicted molar refractivity (Wildman–Crippen MR) is 95.9 cm³/mol. The number of nitrogens with one attached hydrogen (secondary N) is 2. The molecule has 1 aliphatic heterocycles. The standard InChI is InChI=1S/C18H18N4O4/c1-10(23)19-8-7-12-11-5-3-4-6-14(11)20-15(12)9-13-16(24)21-18(26)22(2)17(13)25/h3-6,9,25H,7-8H2,1-2H3,(H,19,23)(H,21,24,26)/b15-9-. The SMILES string of the molecule is CC(=O)NCCC1=c2ccccc2=N/C1=C\c1c(O)n(C)c(=O)[nH]c1=O. The van der Waals surface area contributed by atoms with Crippen molar-refractivity contribution in [1.82, 2.24) is 14.9 Å². The van der Waals surface area contributed by atoms with Crippen LogP contribution < -0.4 is 27.1 Å². The number of H-pyrrole nitrogens is 1. The van der Waals surface area contributed by atoms with Crippen molar-refractivity contribution in [3.05, 3.63) is 66.9 Å². The lowest BCUT2D eigenvalue weighted by atomic mass is 10.1. The van der Waals surface area contributed by atoms with Gasteiger partial charge in [-0.25, -0.2) is 9.79 Å². The van der Waals surface area contributed by atoms with Crippen LogP contribution in [0.25, 0.3) is 11.6 Å². The van der Waals surface area contributed by atoms with Gasteiger partial charge in [-0.05, 0) is 24.1 Å². The third-order valence-corrected chi connectivity index (χ3v) is 4.14. The van der Waals surface area contributed by atoms with Crippen molar-refractivity contribution in [3.63, 3.8) is 0 Å². The van der Waals surface area contributed by atoms with E-state index in [1.807, 2.05) is 24.3 Å². The zero-order valence-corrected chi connectivity index (χ0v) is 14.4. The van der Waals surface area contributed by atoms with Gasteiger partial charge in [0.05, 0.1) is 11.1 Å². The van der Waals surface area contributed by atoms with Crippen LogP contribution in [0.1, 0.15) is 18.9 Å². The molecule has 26 heavy (non-hydrogen) atoms. The van der Waals surface area contributed by atoms with Crippen LogP contribution in [0.5, 0.6) is 5.88 Å². The first-order chi connectivity index (χ1) is 12.4. The Morgan fingerprint density at radius 2 is 2.08 bits per heavy atom. The Bertz CT molecular complexity index is 1150. The average molecular weight is 354 g/mol. The highest BCUT2D eigenvalue weighted by Gasteiger charge is 2.16. The van der Waals surface area contributed by atoms with E-state index >= 15 is 0 Å². The number of hydrogen-bond donors (Lipinski definition) is 3.